The molecule has 2 heteroatoms. The van der Waals surface area contributed by atoms with Gasteiger partial charge in [-0.15, -0.1) is 0 Å². The molecule has 0 N–H and O–H groups in total. The van der Waals surface area contributed by atoms with Crippen LogP contribution >= 0.6 is 15.9 Å². The van der Waals surface area contributed by atoms with E-state index in [2.05, 4.69) is 89.4 Å². The van der Waals surface area contributed by atoms with Crippen LogP contribution in [0.15, 0.2) is 65.3 Å². The van der Waals surface area contributed by atoms with E-state index in [1.54, 1.807) is 0 Å². The van der Waals surface area contributed by atoms with Crippen molar-refractivity contribution in [2.45, 2.75) is 32.1 Å². The Balaban J connectivity index is 1.94. The summed E-state index contributed by atoms with van der Waals surface area (Å²) in [6.45, 7) is 4.61. The number of pyridine rings is 1. The summed E-state index contributed by atoms with van der Waals surface area (Å²) in [5.74, 6) is 0. The van der Waals surface area contributed by atoms with E-state index in [4.69, 9.17) is 0 Å². The lowest BCUT2D eigenvalue weighted by molar-refractivity contribution is 0.490. The van der Waals surface area contributed by atoms with E-state index in [1.165, 1.54) is 27.8 Å². The molecule has 0 saturated heterocycles. The highest BCUT2D eigenvalue weighted by Gasteiger charge is 2.40. The van der Waals surface area contributed by atoms with Gasteiger partial charge >= 0.3 is 0 Å². The predicted molar refractivity (Wildman–Crippen MR) is 104 cm³/mol. The van der Waals surface area contributed by atoms with Gasteiger partial charge < -0.3 is 0 Å². The van der Waals surface area contributed by atoms with E-state index in [1.807, 2.05) is 6.20 Å². The number of rotatable bonds is 3. The second-order valence-corrected chi connectivity index (χ2v) is 7.37. The highest BCUT2D eigenvalue weighted by atomic mass is 79.9. The molecule has 1 aromatic heterocycles. The van der Waals surface area contributed by atoms with Crippen molar-refractivity contribution in [1.29, 1.82) is 0 Å². The molecule has 1 aliphatic rings. The average molecular weight is 378 g/mol. The lowest BCUT2D eigenvalue weighted by Crippen LogP contribution is -2.23. The summed E-state index contributed by atoms with van der Waals surface area (Å²) in [7, 11) is 0. The summed E-state index contributed by atoms with van der Waals surface area (Å²) in [5, 5.41) is 0. The Morgan fingerprint density at radius 2 is 1.62 bits per heavy atom. The maximum absolute atomic E-state index is 4.58. The number of aromatic nitrogens is 1. The molecule has 120 valence electrons. The molecule has 24 heavy (non-hydrogen) atoms. The molecule has 0 bridgehead atoms. The van der Waals surface area contributed by atoms with Gasteiger partial charge in [0.1, 0.15) is 0 Å². The molecule has 0 atom stereocenters. The summed E-state index contributed by atoms with van der Waals surface area (Å²) in [6, 6.07) is 19.9. The van der Waals surface area contributed by atoms with Crippen molar-refractivity contribution in [3.8, 4) is 22.4 Å². The normalized spacial score (nSPS) is 14.3. The first kappa shape index (κ1) is 15.6. The summed E-state index contributed by atoms with van der Waals surface area (Å²) in [5.41, 5.74) is 8.05. The van der Waals surface area contributed by atoms with Crippen LogP contribution in [0, 0.1) is 0 Å². The SMILES string of the molecule is CCC1(CC)c2ccccc2-c2ccc(-c3ccc(Br)cn3)cc21. The highest BCUT2D eigenvalue weighted by molar-refractivity contribution is 9.10. The van der Waals surface area contributed by atoms with Crippen molar-refractivity contribution in [3.05, 3.63) is 76.4 Å². The lowest BCUT2D eigenvalue weighted by Gasteiger charge is -2.29. The first-order valence-corrected chi connectivity index (χ1v) is 9.35. The minimum absolute atomic E-state index is 0.122. The average Bonchev–Trinajstić information content (AvgIpc) is 2.92. The Morgan fingerprint density at radius 1 is 0.875 bits per heavy atom. The Morgan fingerprint density at radius 3 is 2.33 bits per heavy atom. The molecule has 0 fully saturated rings. The largest absolute Gasteiger partial charge is 0.255 e. The fraction of sp³-hybridized carbons (Fsp3) is 0.227. The standard InChI is InChI=1S/C22H20BrN/c1-3-22(4-2)19-8-6-5-7-17(19)18-11-9-15(13-20(18)22)21-12-10-16(23)14-24-21/h5-14H,3-4H2,1-2H3. The number of fused-ring (bicyclic) bond motifs is 3. The molecule has 0 spiro atoms. The van der Waals surface area contributed by atoms with Gasteiger partial charge in [-0.25, -0.2) is 0 Å². The molecule has 1 nitrogen and oxygen atoms in total. The van der Waals surface area contributed by atoms with Gasteiger partial charge in [-0.05, 0) is 69.2 Å². The molecular weight excluding hydrogens is 358 g/mol. The topological polar surface area (TPSA) is 12.9 Å². The molecule has 4 rings (SSSR count). The van der Waals surface area contributed by atoms with Gasteiger partial charge in [-0.3, -0.25) is 4.98 Å². The van der Waals surface area contributed by atoms with Gasteiger partial charge in [0, 0.05) is 21.6 Å². The van der Waals surface area contributed by atoms with Gasteiger partial charge in [0.25, 0.3) is 0 Å². The third-order valence-corrected chi connectivity index (χ3v) is 5.97. The van der Waals surface area contributed by atoms with E-state index in [0.717, 1.165) is 23.0 Å². The van der Waals surface area contributed by atoms with Gasteiger partial charge in [0.05, 0.1) is 5.69 Å². The number of halogens is 1. The third-order valence-electron chi connectivity index (χ3n) is 5.50. The maximum Gasteiger partial charge on any atom is 0.0702 e. The smallest absolute Gasteiger partial charge is 0.0702 e. The zero-order chi connectivity index (χ0) is 16.7. The van der Waals surface area contributed by atoms with E-state index < -0.39 is 0 Å². The van der Waals surface area contributed by atoms with Crippen LogP contribution in [0.5, 0.6) is 0 Å². The summed E-state index contributed by atoms with van der Waals surface area (Å²) in [4.78, 5) is 4.58. The summed E-state index contributed by atoms with van der Waals surface area (Å²) >= 11 is 3.47. The number of hydrogen-bond acceptors (Lipinski definition) is 1. The van der Waals surface area contributed by atoms with Gasteiger partial charge in [-0.2, -0.15) is 0 Å². The monoisotopic (exact) mass is 377 g/mol. The summed E-state index contributed by atoms with van der Waals surface area (Å²) < 4.78 is 1.01. The van der Waals surface area contributed by atoms with Crippen molar-refractivity contribution in [2.75, 3.05) is 0 Å². The van der Waals surface area contributed by atoms with Crippen LogP contribution in [0.1, 0.15) is 37.8 Å². The van der Waals surface area contributed by atoms with Gasteiger partial charge in [-0.1, -0.05) is 50.2 Å². The van der Waals surface area contributed by atoms with Crippen LogP contribution in [-0.4, -0.2) is 4.98 Å². The lowest BCUT2D eigenvalue weighted by atomic mass is 9.73. The van der Waals surface area contributed by atoms with Crippen molar-refractivity contribution >= 4 is 15.9 Å². The predicted octanol–water partition coefficient (Wildman–Crippen LogP) is 6.60. The molecule has 3 aromatic rings. The molecule has 0 aliphatic heterocycles. The van der Waals surface area contributed by atoms with Crippen molar-refractivity contribution < 1.29 is 0 Å². The van der Waals surface area contributed by atoms with E-state index in [-0.39, 0.29) is 5.41 Å². The molecule has 0 unspecified atom stereocenters. The van der Waals surface area contributed by atoms with Crippen molar-refractivity contribution in [1.82, 2.24) is 4.98 Å². The van der Waals surface area contributed by atoms with Crippen LogP contribution < -0.4 is 0 Å². The third kappa shape index (κ3) is 2.16. The fourth-order valence-electron chi connectivity index (χ4n) is 4.17. The van der Waals surface area contributed by atoms with Crippen LogP contribution in [-0.2, 0) is 5.41 Å². The second-order valence-electron chi connectivity index (χ2n) is 6.46. The van der Waals surface area contributed by atoms with Crippen LogP contribution in [0.25, 0.3) is 22.4 Å². The molecule has 2 aromatic carbocycles. The zero-order valence-electron chi connectivity index (χ0n) is 14.0. The Hall–Kier alpha value is -1.93. The second kappa shape index (κ2) is 5.86. The molecule has 1 heterocycles. The van der Waals surface area contributed by atoms with Gasteiger partial charge in [0.15, 0.2) is 0 Å². The number of nitrogens with zero attached hydrogens (tertiary/aromatic N) is 1. The minimum Gasteiger partial charge on any atom is -0.255 e. The molecule has 0 radical (unpaired) electrons. The van der Waals surface area contributed by atoms with Crippen molar-refractivity contribution in [3.63, 3.8) is 0 Å². The maximum atomic E-state index is 4.58. The molecular formula is C22H20BrN. The summed E-state index contributed by atoms with van der Waals surface area (Å²) in [6.07, 6.45) is 4.10. The zero-order valence-corrected chi connectivity index (χ0v) is 15.6. The quantitative estimate of drug-likeness (QED) is 0.501. The van der Waals surface area contributed by atoms with E-state index in [9.17, 15) is 0 Å². The fourth-order valence-corrected chi connectivity index (χ4v) is 4.41. The first-order valence-electron chi connectivity index (χ1n) is 8.56. The van der Waals surface area contributed by atoms with Gasteiger partial charge in [0.2, 0.25) is 0 Å². The first-order chi connectivity index (χ1) is 11.7. The van der Waals surface area contributed by atoms with Crippen LogP contribution in [0.2, 0.25) is 0 Å². The molecule has 0 amide bonds. The van der Waals surface area contributed by atoms with E-state index >= 15 is 0 Å². The van der Waals surface area contributed by atoms with Crippen molar-refractivity contribution in [2.24, 2.45) is 0 Å². The highest BCUT2D eigenvalue weighted by Crippen LogP contribution is 2.53. The van der Waals surface area contributed by atoms with E-state index in [0.29, 0.717) is 0 Å². The Kier molecular flexibility index (Phi) is 3.80. The molecule has 0 saturated carbocycles. The number of hydrogen-bond donors (Lipinski definition) is 0. The minimum atomic E-state index is 0.122. The van der Waals surface area contributed by atoms with Crippen LogP contribution in [0.3, 0.4) is 0 Å². The Labute approximate surface area is 151 Å². The molecule has 1 aliphatic carbocycles. The number of benzene rings is 2. The van der Waals surface area contributed by atoms with Crippen LogP contribution in [0.4, 0.5) is 0 Å². The Bertz CT molecular complexity index is 892.